The first-order valence-corrected chi connectivity index (χ1v) is 22.2. The van der Waals surface area contributed by atoms with Crippen molar-refractivity contribution < 1.29 is 55.3 Å². The van der Waals surface area contributed by atoms with Crippen LogP contribution in [0.1, 0.15) is 91.5 Å². The third kappa shape index (κ3) is 7.76. The average Bonchev–Trinajstić information content (AvgIpc) is 4.09. The second-order valence-corrected chi connectivity index (χ2v) is 20.1. The molecule has 60 heavy (non-hydrogen) atoms. The summed E-state index contributed by atoms with van der Waals surface area (Å²) < 4.78 is 83.9. The van der Waals surface area contributed by atoms with Gasteiger partial charge in [0.15, 0.2) is 0 Å². The van der Waals surface area contributed by atoms with Gasteiger partial charge in [-0.3, -0.25) is 24.0 Å². The Hall–Kier alpha value is -4.61. The molecule has 3 N–H and O–H groups in total. The maximum absolute atomic E-state index is 15.4. The second kappa shape index (κ2) is 15.7. The number of allylic oxidation sites excluding steroid dienone is 1. The summed E-state index contributed by atoms with van der Waals surface area (Å²) in [5.74, 6) is -7.48. The highest BCUT2D eigenvalue weighted by atomic mass is 32.2. The lowest BCUT2D eigenvalue weighted by Gasteiger charge is -2.47. The van der Waals surface area contributed by atoms with E-state index in [0.29, 0.717) is 42.5 Å². The first-order chi connectivity index (χ1) is 28.2. The molecular weight excluding hydrogens is 808 g/mol. The van der Waals surface area contributed by atoms with Gasteiger partial charge < -0.3 is 24.8 Å². The number of carbonyl (C=O) groups is 4. The summed E-state index contributed by atoms with van der Waals surface area (Å²) in [6, 6.07) is 4.28. The number of rotatable bonds is 9. The van der Waals surface area contributed by atoms with Crippen LogP contribution in [-0.4, -0.2) is 112 Å². The number of sulfonamides is 1. The number of halogens is 3. The van der Waals surface area contributed by atoms with Crippen LogP contribution < -0.4 is 19.5 Å². The summed E-state index contributed by atoms with van der Waals surface area (Å²) >= 11 is 0. The maximum Gasteiger partial charge on any atom is 0.408 e. The predicted molar refractivity (Wildman–Crippen MR) is 214 cm³/mol. The van der Waals surface area contributed by atoms with Crippen molar-refractivity contribution in [2.45, 2.75) is 132 Å². The number of aryl methyl sites for hydroxylation is 1. The van der Waals surface area contributed by atoms with Crippen LogP contribution in [-0.2, 0) is 30.8 Å². The van der Waals surface area contributed by atoms with Crippen molar-refractivity contribution in [2.24, 2.45) is 17.8 Å². The molecule has 4 amide bonds. The average molecular weight is 862 g/mol. The Labute approximate surface area is 347 Å². The number of carboxylic acid groups (broad SMARTS) is 1. The third-order valence-corrected chi connectivity index (χ3v) is 15.5. The van der Waals surface area contributed by atoms with Crippen LogP contribution >= 0.6 is 0 Å². The molecule has 0 radical (unpaired) electrons. The van der Waals surface area contributed by atoms with Gasteiger partial charge in [-0.25, -0.2) is 26.4 Å². The zero-order valence-corrected chi connectivity index (χ0v) is 35.3. The highest BCUT2D eigenvalue weighted by molar-refractivity contribution is 7.91. The van der Waals surface area contributed by atoms with Crippen molar-refractivity contribution in [2.75, 3.05) is 19.8 Å². The Morgan fingerprint density at radius 1 is 1.13 bits per heavy atom. The Bertz CT molecular complexity index is 2200. The predicted octanol–water partition coefficient (Wildman–Crippen LogP) is 5.53. The second-order valence-electron chi connectivity index (χ2n) is 18.1. The number of amides is 4. The highest BCUT2D eigenvalue weighted by Crippen LogP contribution is 2.48. The summed E-state index contributed by atoms with van der Waals surface area (Å²) in [4.78, 5) is 63.3. The number of aromatic nitrogens is 1. The lowest BCUT2D eigenvalue weighted by Crippen LogP contribution is -2.66. The fraction of sp³-hybridized carbons (Fsp3) is 0.643. The van der Waals surface area contributed by atoms with Crippen LogP contribution in [0.15, 0.2) is 36.4 Å². The zero-order chi connectivity index (χ0) is 43.6. The lowest BCUT2D eigenvalue weighted by atomic mass is 9.84. The quantitative estimate of drug-likeness (QED) is 0.271. The van der Waals surface area contributed by atoms with E-state index in [0.717, 1.165) is 42.5 Å². The molecule has 3 aliphatic heterocycles. The molecule has 2 aliphatic carbocycles. The molecule has 18 heteroatoms. The molecular formula is C42H54F3N5O9S. The minimum Gasteiger partial charge on any atom is -0.477 e. The molecule has 7 atom stereocenters. The lowest BCUT2D eigenvalue weighted by molar-refractivity contribution is -0.156. The SMILES string of the molecule is C[C@H]1CCC=C[C@@H]2C[C@@]2(C(=O)NS(=O)(=O)C2(CF)CC2)NC(=O)[C@@H]2C[C@@H](Oc3nc4c(c5ccccc35)CCCO4)CN2C(=O)[C@@H](N(C(=O)O)C(C)(C)C(C)(F)F)[C@H](C)C1. The van der Waals surface area contributed by atoms with E-state index in [1.54, 1.807) is 13.0 Å². The Morgan fingerprint density at radius 2 is 1.83 bits per heavy atom. The number of hydrogen-bond acceptors (Lipinski definition) is 9. The molecule has 2 saturated carbocycles. The molecule has 328 valence electrons. The maximum atomic E-state index is 15.4. The minimum absolute atomic E-state index is 0.00657. The molecule has 0 spiro atoms. The topological polar surface area (TPSA) is 185 Å². The first-order valence-electron chi connectivity index (χ1n) is 20.7. The van der Waals surface area contributed by atoms with Gasteiger partial charge in [0.1, 0.15) is 40.7 Å². The zero-order valence-electron chi connectivity index (χ0n) is 34.5. The van der Waals surface area contributed by atoms with E-state index in [1.807, 2.05) is 42.0 Å². The Balaban J connectivity index is 1.30. The van der Waals surface area contributed by atoms with Crippen molar-refractivity contribution in [1.29, 1.82) is 0 Å². The molecule has 4 heterocycles. The van der Waals surface area contributed by atoms with Crippen LogP contribution in [0.2, 0.25) is 0 Å². The molecule has 1 aromatic heterocycles. The van der Waals surface area contributed by atoms with Crippen molar-refractivity contribution in [3.8, 4) is 11.8 Å². The summed E-state index contributed by atoms with van der Waals surface area (Å²) in [5, 5.41) is 14.9. The molecule has 14 nitrogen and oxygen atoms in total. The number of hydrogen-bond donors (Lipinski definition) is 3. The normalized spacial score (nSPS) is 29.4. The Kier molecular flexibility index (Phi) is 11.4. The minimum atomic E-state index is -4.48. The first kappa shape index (κ1) is 43.5. The monoisotopic (exact) mass is 861 g/mol. The molecule has 3 fully saturated rings. The largest absolute Gasteiger partial charge is 0.477 e. The van der Waals surface area contributed by atoms with Gasteiger partial charge in [0.2, 0.25) is 33.6 Å². The molecule has 7 rings (SSSR count). The van der Waals surface area contributed by atoms with Gasteiger partial charge in [0.25, 0.3) is 11.8 Å². The van der Waals surface area contributed by atoms with Gasteiger partial charge in [0, 0.05) is 30.2 Å². The van der Waals surface area contributed by atoms with Crippen molar-refractivity contribution in [3.63, 3.8) is 0 Å². The standard InChI is InChI=1S/C42H54F3N5O9S/c1-24-11-6-7-12-26-21-42(26,37(53)48-60(56,57)41(23-43)16-17-41)47-33(51)31-20-27(59-35-30-14-9-8-13-28(30)29-15-10-18-58-34(29)46-35)22-49(31)36(52)32(25(2)19-24)50(38(54)55)39(3,4)40(5,44)45/h7-9,12-14,24-27,31-32H,6,10-11,15-23H2,1-5H3,(H,47,51)(H,48,53)(H,54,55)/t24-,25+,26+,27+,31-,32-,42+/m0/s1. The fourth-order valence-corrected chi connectivity index (χ4v) is 10.5. The number of carbonyl (C=O) groups excluding carboxylic acids is 3. The van der Waals surface area contributed by atoms with E-state index < -0.39 is 92.3 Å². The highest BCUT2D eigenvalue weighted by Gasteiger charge is 2.64. The van der Waals surface area contributed by atoms with Crippen molar-refractivity contribution in [1.82, 2.24) is 24.8 Å². The van der Waals surface area contributed by atoms with E-state index in [-0.39, 0.29) is 50.4 Å². The van der Waals surface area contributed by atoms with Crippen LogP contribution in [0.5, 0.6) is 11.8 Å². The van der Waals surface area contributed by atoms with Crippen LogP contribution in [0.3, 0.4) is 0 Å². The van der Waals surface area contributed by atoms with Crippen molar-refractivity contribution in [3.05, 3.63) is 42.0 Å². The van der Waals surface area contributed by atoms with Gasteiger partial charge in [0.05, 0.1) is 13.2 Å². The van der Waals surface area contributed by atoms with E-state index in [4.69, 9.17) is 9.47 Å². The number of pyridine rings is 1. The number of fused-ring (bicyclic) bond motifs is 5. The number of nitrogens with zero attached hydrogens (tertiary/aromatic N) is 3. The summed E-state index contributed by atoms with van der Waals surface area (Å²) in [5.41, 5.74) is -3.27. The molecule has 0 bridgehead atoms. The molecule has 1 aromatic carbocycles. The fourth-order valence-electron chi connectivity index (χ4n) is 9.11. The molecule has 5 aliphatic rings. The van der Waals surface area contributed by atoms with E-state index in [2.05, 4.69) is 10.3 Å². The summed E-state index contributed by atoms with van der Waals surface area (Å²) in [6.07, 6.45) is 3.51. The van der Waals surface area contributed by atoms with Crippen LogP contribution in [0.25, 0.3) is 10.8 Å². The van der Waals surface area contributed by atoms with Crippen molar-refractivity contribution >= 4 is 44.6 Å². The summed E-state index contributed by atoms with van der Waals surface area (Å²) in [6.45, 7) is 5.19. The smallest absolute Gasteiger partial charge is 0.408 e. The van der Waals surface area contributed by atoms with Gasteiger partial charge >= 0.3 is 6.09 Å². The third-order valence-electron chi connectivity index (χ3n) is 13.4. The van der Waals surface area contributed by atoms with E-state index in [9.17, 15) is 32.3 Å². The van der Waals surface area contributed by atoms with E-state index >= 15 is 13.6 Å². The van der Waals surface area contributed by atoms with E-state index in [1.165, 1.54) is 0 Å². The molecule has 0 unspecified atom stereocenters. The number of ether oxygens (including phenoxy) is 2. The molecule has 2 aromatic rings. The van der Waals surface area contributed by atoms with Crippen LogP contribution in [0, 0.1) is 17.8 Å². The number of alkyl halides is 3. The van der Waals surface area contributed by atoms with Crippen LogP contribution in [0.4, 0.5) is 18.0 Å². The number of benzene rings is 1. The summed E-state index contributed by atoms with van der Waals surface area (Å²) in [7, 11) is -4.48. The van der Waals surface area contributed by atoms with Gasteiger partial charge in [-0.15, -0.1) is 0 Å². The van der Waals surface area contributed by atoms with Gasteiger partial charge in [-0.05, 0) is 88.5 Å². The number of nitrogens with one attached hydrogen (secondary N) is 2. The Morgan fingerprint density at radius 3 is 2.48 bits per heavy atom. The van der Waals surface area contributed by atoms with Gasteiger partial charge in [-0.2, -0.15) is 4.98 Å². The molecule has 1 saturated heterocycles. The van der Waals surface area contributed by atoms with Gasteiger partial charge in [-0.1, -0.05) is 44.2 Å².